The molecule has 3 rings (SSSR count). The topological polar surface area (TPSA) is 74.4 Å². The lowest BCUT2D eigenvalue weighted by Gasteiger charge is -2.18. The number of carbonyl (C=O) groups is 1. The number of fused-ring (bicyclic) bond motifs is 1. The van der Waals surface area contributed by atoms with E-state index in [0.29, 0.717) is 29.9 Å². The van der Waals surface area contributed by atoms with Crippen molar-refractivity contribution in [3.8, 4) is 18.1 Å². The van der Waals surface area contributed by atoms with Crippen molar-refractivity contribution in [2.75, 3.05) is 13.2 Å². The fourth-order valence-electron chi connectivity index (χ4n) is 3.18. The molecule has 0 unspecified atom stereocenters. The summed E-state index contributed by atoms with van der Waals surface area (Å²) >= 11 is 0. The predicted molar refractivity (Wildman–Crippen MR) is 111 cm³/mol. The van der Waals surface area contributed by atoms with Gasteiger partial charge in [-0.2, -0.15) is 0 Å². The summed E-state index contributed by atoms with van der Waals surface area (Å²) in [5, 5.41) is 13.8. The quantitative estimate of drug-likeness (QED) is 0.528. The summed E-state index contributed by atoms with van der Waals surface area (Å²) < 4.78 is 5.74. The number of benzene rings is 2. The lowest BCUT2D eigenvalue weighted by Crippen LogP contribution is -2.39. The van der Waals surface area contributed by atoms with Gasteiger partial charge < -0.3 is 20.1 Å². The van der Waals surface area contributed by atoms with Crippen molar-refractivity contribution >= 4 is 16.8 Å². The van der Waals surface area contributed by atoms with Gasteiger partial charge in [0.05, 0.1) is 30.4 Å². The molecule has 0 aliphatic rings. The van der Waals surface area contributed by atoms with E-state index >= 15 is 0 Å². The number of H-pyrrole nitrogens is 1. The summed E-state index contributed by atoms with van der Waals surface area (Å²) in [5.74, 6) is 2.66. The molecule has 0 fully saturated rings. The minimum absolute atomic E-state index is 0.175. The molecule has 3 aromatic rings. The zero-order valence-corrected chi connectivity index (χ0v) is 15.9. The number of ether oxygens (including phenoxy) is 1. The van der Waals surface area contributed by atoms with E-state index in [1.807, 2.05) is 37.4 Å². The fraction of sp³-hybridized carbons (Fsp3) is 0.261. The Morgan fingerprint density at radius 2 is 2.11 bits per heavy atom. The molecule has 3 N–H and O–H groups in total. The number of aromatic amines is 1. The van der Waals surface area contributed by atoms with Crippen LogP contribution >= 0.6 is 0 Å². The summed E-state index contributed by atoms with van der Waals surface area (Å²) in [4.78, 5) is 16.1. The van der Waals surface area contributed by atoms with Gasteiger partial charge in [-0.25, -0.2) is 0 Å². The number of nitrogens with one attached hydrogen (secondary N) is 2. The van der Waals surface area contributed by atoms with Gasteiger partial charge in [-0.1, -0.05) is 37.1 Å². The molecule has 0 spiro atoms. The second kappa shape index (κ2) is 9.12. The van der Waals surface area contributed by atoms with Crippen LogP contribution in [0.3, 0.4) is 0 Å². The van der Waals surface area contributed by atoms with Gasteiger partial charge in [-0.15, -0.1) is 6.42 Å². The Bertz CT molecular complexity index is 1000. The minimum Gasteiger partial charge on any atom is -0.491 e. The Morgan fingerprint density at radius 3 is 2.86 bits per heavy atom. The third-order valence-electron chi connectivity index (χ3n) is 4.56. The van der Waals surface area contributed by atoms with Gasteiger partial charge in [0, 0.05) is 17.1 Å². The van der Waals surface area contributed by atoms with Gasteiger partial charge in [-0.3, -0.25) is 4.79 Å². The van der Waals surface area contributed by atoms with Gasteiger partial charge in [0.25, 0.3) is 5.91 Å². The third kappa shape index (κ3) is 4.19. The van der Waals surface area contributed by atoms with E-state index in [4.69, 9.17) is 11.2 Å². The van der Waals surface area contributed by atoms with Crippen molar-refractivity contribution < 1.29 is 14.6 Å². The number of rotatable bonds is 8. The van der Waals surface area contributed by atoms with Crippen LogP contribution in [0.25, 0.3) is 10.9 Å². The number of para-hydroxylation sites is 2. The maximum Gasteiger partial charge on any atom is 0.255 e. The SMILES string of the molecule is C#Cc1cccc(C(=O)N[C@@H](CO)Cc2c[nH]c3ccccc23)c1OCCC. The van der Waals surface area contributed by atoms with E-state index < -0.39 is 6.04 Å². The highest BCUT2D eigenvalue weighted by atomic mass is 16.5. The Labute approximate surface area is 164 Å². The third-order valence-corrected chi connectivity index (χ3v) is 4.56. The molecular formula is C23H24N2O3. The minimum atomic E-state index is -0.430. The monoisotopic (exact) mass is 376 g/mol. The van der Waals surface area contributed by atoms with Gasteiger partial charge in [0.15, 0.2) is 0 Å². The van der Waals surface area contributed by atoms with Crippen LogP contribution in [0.1, 0.15) is 34.8 Å². The van der Waals surface area contributed by atoms with Crippen molar-refractivity contribution in [2.24, 2.45) is 0 Å². The van der Waals surface area contributed by atoms with Crippen LogP contribution in [0, 0.1) is 12.3 Å². The van der Waals surface area contributed by atoms with Gasteiger partial charge >= 0.3 is 0 Å². The summed E-state index contributed by atoms with van der Waals surface area (Å²) in [7, 11) is 0. The second-order valence-electron chi connectivity index (χ2n) is 6.59. The van der Waals surface area contributed by atoms with Crippen molar-refractivity contribution in [2.45, 2.75) is 25.8 Å². The van der Waals surface area contributed by atoms with E-state index in [2.05, 4.69) is 16.2 Å². The lowest BCUT2D eigenvalue weighted by molar-refractivity contribution is 0.0912. The summed E-state index contributed by atoms with van der Waals surface area (Å²) in [5.41, 5.74) is 2.98. The normalized spacial score (nSPS) is 11.8. The first-order valence-corrected chi connectivity index (χ1v) is 9.37. The highest BCUT2D eigenvalue weighted by Gasteiger charge is 2.20. The zero-order valence-electron chi connectivity index (χ0n) is 15.9. The standard InChI is InChI=1S/C23H24N2O3/c1-3-12-28-22-16(4-2)8-7-10-20(22)23(27)25-18(15-26)13-17-14-24-21-11-6-5-9-19(17)21/h2,5-11,14,18,24,26H,3,12-13,15H2,1H3,(H,25,27)/t18-/m1/s1. The molecular weight excluding hydrogens is 352 g/mol. The van der Waals surface area contributed by atoms with E-state index in [1.54, 1.807) is 18.2 Å². The van der Waals surface area contributed by atoms with Crippen LogP contribution in [0.5, 0.6) is 5.75 Å². The molecule has 0 radical (unpaired) electrons. The average Bonchev–Trinajstić information content (AvgIpc) is 3.14. The maximum atomic E-state index is 12.9. The van der Waals surface area contributed by atoms with E-state index in [-0.39, 0.29) is 12.5 Å². The van der Waals surface area contributed by atoms with Crippen LogP contribution in [0.2, 0.25) is 0 Å². The molecule has 28 heavy (non-hydrogen) atoms. The second-order valence-corrected chi connectivity index (χ2v) is 6.59. The van der Waals surface area contributed by atoms with Crippen molar-refractivity contribution in [3.05, 3.63) is 65.4 Å². The molecule has 0 saturated carbocycles. The predicted octanol–water partition coefficient (Wildman–Crippen LogP) is 3.27. The van der Waals surface area contributed by atoms with Gasteiger partial charge in [-0.05, 0) is 36.6 Å². The first kappa shape index (κ1) is 19.5. The van der Waals surface area contributed by atoms with Crippen LogP contribution in [0.4, 0.5) is 0 Å². The van der Waals surface area contributed by atoms with E-state index in [9.17, 15) is 9.90 Å². The Balaban J connectivity index is 1.80. The molecule has 1 aromatic heterocycles. The average molecular weight is 376 g/mol. The molecule has 1 heterocycles. The molecule has 0 aliphatic heterocycles. The van der Waals surface area contributed by atoms with E-state index in [1.165, 1.54) is 0 Å². The fourth-order valence-corrected chi connectivity index (χ4v) is 3.18. The number of carbonyl (C=O) groups excluding carboxylic acids is 1. The summed E-state index contributed by atoms with van der Waals surface area (Å²) in [6.07, 6.45) is 8.78. The number of amides is 1. The first-order valence-electron chi connectivity index (χ1n) is 9.37. The van der Waals surface area contributed by atoms with Crippen LogP contribution in [0.15, 0.2) is 48.7 Å². The number of hydrogen-bond acceptors (Lipinski definition) is 3. The number of aromatic nitrogens is 1. The number of hydrogen-bond donors (Lipinski definition) is 3. The largest absolute Gasteiger partial charge is 0.491 e. The van der Waals surface area contributed by atoms with Crippen molar-refractivity contribution in [3.63, 3.8) is 0 Å². The molecule has 2 aromatic carbocycles. The van der Waals surface area contributed by atoms with Gasteiger partial charge in [0.2, 0.25) is 0 Å². The summed E-state index contributed by atoms with van der Waals surface area (Å²) in [6, 6.07) is 12.7. The number of aliphatic hydroxyl groups excluding tert-OH is 1. The molecule has 0 aliphatic carbocycles. The van der Waals surface area contributed by atoms with Crippen LogP contribution in [-0.4, -0.2) is 35.3 Å². The van der Waals surface area contributed by atoms with Crippen molar-refractivity contribution in [1.82, 2.24) is 10.3 Å². The Kier molecular flexibility index (Phi) is 6.36. The van der Waals surface area contributed by atoms with Gasteiger partial charge in [0.1, 0.15) is 5.75 Å². The zero-order chi connectivity index (χ0) is 19.9. The Morgan fingerprint density at radius 1 is 1.29 bits per heavy atom. The van der Waals surface area contributed by atoms with Crippen molar-refractivity contribution in [1.29, 1.82) is 0 Å². The summed E-state index contributed by atoms with van der Waals surface area (Å²) in [6.45, 7) is 2.28. The Hall–Kier alpha value is -3.23. The molecule has 0 saturated heterocycles. The van der Waals surface area contributed by atoms with Crippen LogP contribution < -0.4 is 10.1 Å². The van der Waals surface area contributed by atoms with E-state index in [0.717, 1.165) is 22.9 Å². The molecule has 144 valence electrons. The molecule has 5 nitrogen and oxygen atoms in total. The highest BCUT2D eigenvalue weighted by molar-refractivity contribution is 5.98. The molecule has 5 heteroatoms. The maximum absolute atomic E-state index is 12.9. The lowest BCUT2D eigenvalue weighted by atomic mass is 10.0. The van der Waals surface area contributed by atoms with Crippen LogP contribution in [-0.2, 0) is 6.42 Å². The number of terminal acetylenes is 1. The molecule has 1 amide bonds. The molecule has 1 atom stereocenters. The number of aliphatic hydroxyl groups is 1. The smallest absolute Gasteiger partial charge is 0.255 e. The first-order chi connectivity index (χ1) is 13.7. The highest BCUT2D eigenvalue weighted by Crippen LogP contribution is 2.24. The molecule has 0 bridgehead atoms.